The topological polar surface area (TPSA) is 71.3 Å². The Morgan fingerprint density at radius 1 is 1.07 bits per heavy atom. The molecule has 1 aliphatic rings. The molecule has 1 saturated heterocycles. The largest absolute Gasteiger partial charge is 0.370 e. The summed E-state index contributed by atoms with van der Waals surface area (Å²) in [6, 6.07) is 3.93. The van der Waals surface area contributed by atoms with Crippen LogP contribution in [0.3, 0.4) is 0 Å². The van der Waals surface area contributed by atoms with Crippen LogP contribution in [0.5, 0.6) is 0 Å². The van der Waals surface area contributed by atoms with Crippen molar-refractivity contribution in [2.45, 2.75) is 66.1 Å². The first-order valence-corrected chi connectivity index (χ1v) is 10.1. The molecule has 0 unspecified atom stereocenters. The Balaban J connectivity index is 2.10. The van der Waals surface area contributed by atoms with Gasteiger partial charge in [-0.25, -0.2) is 9.59 Å². The van der Waals surface area contributed by atoms with Gasteiger partial charge in [0.15, 0.2) is 0 Å². The Hall–Kier alpha value is -2.44. The Labute approximate surface area is 160 Å². The molecule has 1 fully saturated rings. The van der Waals surface area contributed by atoms with Crippen molar-refractivity contribution in [3.63, 3.8) is 0 Å². The summed E-state index contributed by atoms with van der Waals surface area (Å²) in [5.74, 6) is 0. The Bertz CT molecular complexity index is 877. The summed E-state index contributed by atoms with van der Waals surface area (Å²) >= 11 is 0. The van der Waals surface area contributed by atoms with E-state index in [9.17, 15) is 9.59 Å². The first kappa shape index (κ1) is 19.3. The van der Waals surface area contributed by atoms with Gasteiger partial charge in [0.2, 0.25) is 0 Å². The third-order valence-electron chi connectivity index (χ3n) is 5.45. The minimum atomic E-state index is -0.204. The molecule has 2 aromatic rings. The maximum atomic E-state index is 12.7. The number of benzene rings is 1. The lowest BCUT2D eigenvalue weighted by Gasteiger charge is -2.23. The van der Waals surface area contributed by atoms with Crippen LogP contribution in [0.25, 0.3) is 11.0 Å². The van der Waals surface area contributed by atoms with Crippen molar-refractivity contribution in [2.75, 3.05) is 23.3 Å². The van der Waals surface area contributed by atoms with Crippen LogP contribution in [0.4, 0.5) is 16.2 Å². The number of anilines is 2. The van der Waals surface area contributed by atoms with Gasteiger partial charge < -0.3 is 15.5 Å². The van der Waals surface area contributed by atoms with E-state index in [4.69, 9.17) is 0 Å². The molecule has 1 aliphatic heterocycles. The molecule has 1 atom stereocenters. The highest BCUT2D eigenvalue weighted by molar-refractivity contribution is 5.98. The van der Waals surface area contributed by atoms with Gasteiger partial charge in [0, 0.05) is 32.2 Å². The number of rotatable bonds is 6. The van der Waals surface area contributed by atoms with Crippen LogP contribution >= 0.6 is 0 Å². The highest BCUT2D eigenvalue weighted by atomic mass is 16.2. The summed E-state index contributed by atoms with van der Waals surface area (Å²) in [5, 5.41) is 5.98. The number of hydrogen-bond donors (Lipinski definition) is 2. The normalized spacial score (nSPS) is 15.3. The minimum Gasteiger partial charge on any atom is -0.370 e. The quantitative estimate of drug-likeness (QED) is 0.816. The van der Waals surface area contributed by atoms with E-state index >= 15 is 0 Å². The fraction of sp³-hybridized carbons (Fsp3) is 0.600. The number of imidazole rings is 1. The van der Waals surface area contributed by atoms with Crippen LogP contribution in [-0.2, 0) is 13.1 Å². The van der Waals surface area contributed by atoms with E-state index in [0.29, 0.717) is 13.1 Å². The van der Waals surface area contributed by atoms with Crippen molar-refractivity contribution >= 4 is 28.4 Å². The number of fused-ring (bicyclic) bond motifs is 1. The Morgan fingerprint density at radius 2 is 1.67 bits per heavy atom. The summed E-state index contributed by atoms with van der Waals surface area (Å²) in [5.41, 5.74) is 3.56. The van der Waals surface area contributed by atoms with Gasteiger partial charge in [-0.3, -0.25) is 9.13 Å². The molecule has 0 bridgehead atoms. The van der Waals surface area contributed by atoms with Gasteiger partial charge in [0.1, 0.15) is 0 Å². The monoisotopic (exact) mass is 373 g/mol. The SMILES string of the molecule is CC[C@@H](C)NC(=O)Nc1cc2c(cc1N1CCCC1)n(CC)c(=O)n2CC. The molecule has 0 saturated carbocycles. The van der Waals surface area contributed by atoms with E-state index < -0.39 is 0 Å². The number of aryl methyl sites for hydroxylation is 2. The average Bonchev–Trinajstić information content (AvgIpc) is 3.26. The number of amides is 2. The number of nitrogens with zero attached hydrogens (tertiary/aromatic N) is 3. The second kappa shape index (κ2) is 8.06. The highest BCUT2D eigenvalue weighted by Gasteiger charge is 2.21. The summed E-state index contributed by atoms with van der Waals surface area (Å²) in [7, 11) is 0. The molecular weight excluding hydrogens is 342 g/mol. The first-order chi connectivity index (χ1) is 13.0. The van der Waals surface area contributed by atoms with Gasteiger partial charge >= 0.3 is 11.7 Å². The highest BCUT2D eigenvalue weighted by Crippen LogP contribution is 2.33. The number of hydrogen-bond acceptors (Lipinski definition) is 3. The zero-order chi connectivity index (χ0) is 19.6. The van der Waals surface area contributed by atoms with Crippen molar-refractivity contribution in [3.05, 3.63) is 22.6 Å². The summed E-state index contributed by atoms with van der Waals surface area (Å²) in [6.45, 7) is 11.2. The van der Waals surface area contributed by atoms with Crippen molar-refractivity contribution in [3.8, 4) is 0 Å². The molecule has 1 aromatic carbocycles. The van der Waals surface area contributed by atoms with Crippen molar-refractivity contribution in [1.82, 2.24) is 14.5 Å². The van der Waals surface area contributed by atoms with Crippen LogP contribution in [0, 0.1) is 0 Å². The van der Waals surface area contributed by atoms with E-state index in [1.54, 1.807) is 9.13 Å². The maximum Gasteiger partial charge on any atom is 0.329 e. The number of nitrogens with one attached hydrogen (secondary N) is 2. The molecule has 0 spiro atoms. The summed E-state index contributed by atoms with van der Waals surface area (Å²) in [6.07, 6.45) is 3.17. The molecule has 7 heteroatoms. The van der Waals surface area contributed by atoms with E-state index in [1.807, 2.05) is 33.8 Å². The molecule has 0 aliphatic carbocycles. The van der Waals surface area contributed by atoms with Gasteiger partial charge in [-0.15, -0.1) is 0 Å². The van der Waals surface area contributed by atoms with Crippen molar-refractivity contribution in [1.29, 1.82) is 0 Å². The standard InChI is InChI=1S/C20H31N5O2/c1-5-14(4)21-19(26)22-15-12-17-18(13-16(15)23-10-8-9-11-23)25(7-3)20(27)24(17)6-2/h12-14H,5-11H2,1-4H3,(H2,21,22,26)/t14-/m1/s1. The fourth-order valence-electron chi connectivity index (χ4n) is 3.77. The lowest BCUT2D eigenvalue weighted by atomic mass is 10.2. The smallest absolute Gasteiger partial charge is 0.329 e. The predicted octanol–water partition coefficient (Wildman–Crippen LogP) is 3.36. The predicted molar refractivity (Wildman–Crippen MR) is 111 cm³/mol. The van der Waals surface area contributed by atoms with Crippen LogP contribution in [0.1, 0.15) is 47.0 Å². The molecule has 148 valence electrons. The van der Waals surface area contributed by atoms with Gasteiger partial charge in [-0.1, -0.05) is 6.92 Å². The summed E-state index contributed by atoms with van der Waals surface area (Å²) < 4.78 is 3.58. The van der Waals surface area contributed by atoms with Gasteiger partial charge in [0.25, 0.3) is 0 Å². The van der Waals surface area contributed by atoms with Crippen LogP contribution in [0.15, 0.2) is 16.9 Å². The van der Waals surface area contributed by atoms with Crippen LogP contribution in [-0.4, -0.2) is 34.3 Å². The molecular formula is C20H31N5O2. The molecule has 27 heavy (non-hydrogen) atoms. The van der Waals surface area contributed by atoms with E-state index in [0.717, 1.165) is 54.8 Å². The van der Waals surface area contributed by atoms with Crippen LogP contribution < -0.4 is 21.2 Å². The van der Waals surface area contributed by atoms with Crippen LogP contribution in [0.2, 0.25) is 0 Å². The second-order valence-electron chi connectivity index (χ2n) is 7.23. The zero-order valence-electron chi connectivity index (χ0n) is 16.8. The summed E-state index contributed by atoms with van der Waals surface area (Å²) in [4.78, 5) is 27.5. The van der Waals surface area contributed by atoms with Crippen molar-refractivity contribution in [2.24, 2.45) is 0 Å². The minimum absolute atomic E-state index is 0.00331. The number of aromatic nitrogens is 2. The second-order valence-corrected chi connectivity index (χ2v) is 7.23. The molecule has 2 amide bonds. The Kier molecular flexibility index (Phi) is 5.77. The van der Waals surface area contributed by atoms with Gasteiger partial charge in [0.05, 0.1) is 22.4 Å². The fourth-order valence-corrected chi connectivity index (χ4v) is 3.77. The van der Waals surface area contributed by atoms with Gasteiger partial charge in [-0.05, 0) is 52.2 Å². The number of urea groups is 1. The zero-order valence-corrected chi connectivity index (χ0v) is 16.8. The van der Waals surface area contributed by atoms with Crippen molar-refractivity contribution < 1.29 is 4.79 Å². The molecule has 3 rings (SSSR count). The maximum absolute atomic E-state index is 12.7. The molecule has 2 N–H and O–H groups in total. The van der Waals surface area contributed by atoms with E-state index in [-0.39, 0.29) is 17.8 Å². The first-order valence-electron chi connectivity index (χ1n) is 10.1. The third-order valence-corrected chi connectivity index (χ3v) is 5.45. The van der Waals surface area contributed by atoms with E-state index in [1.165, 1.54) is 0 Å². The average molecular weight is 374 g/mol. The molecule has 2 heterocycles. The third kappa shape index (κ3) is 3.68. The number of carbonyl (C=O) groups excluding carboxylic acids is 1. The number of carbonyl (C=O) groups is 1. The lowest BCUT2D eigenvalue weighted by molar-refractivity contribution is 0.249. The van der Waals surface area contributed by atoms with Gasteiger partial charge in [-0.2, -0.15) is 0 Å². The molecule has 0 radical (unpaired) electrons. The lowest BCUT2D eigenvalue weighted by Crippen LogP contribution is -2.36. The van der Waals surface area contributed by atoms with E-state index in [2.05, 4.69) is 21.6 Å². The molecule has 1 aromatic heterocycles. The Morgan fingerprint density at radius 3 is 2.22 bits per heavy atom. The molecule has 7 nitrogen and oxygen atoms in total.